The fourth-order valence-electron chi connectivity index (χ4n) is 6.75. The number of unbranched alkanes of at least 4 members (excludes halogenated alkanes) is 18. The summed E-state index contributed by atoms with van der Waals surface area (Å²) in [4.78, 5) is 2.24. The molecular formula is C44H82N2O2. The number of nitrogens with zero attached hydrogens (tertiary/aromatic N) is 1. The van der Waals surface area contributed by atoms with Crippen molar-refractivity contribution in [2.75, 3.05) is 34.2 Å². The first kappa shape index (κ1) is 44.8. The minimum atomic E-state index is -0.396. The molecule has 1 heterocycles. The van der Waals surface area contributed by atoms with Crippen molar-refractivity contribution in [3.05, 3.63) is 48.6 Å². The van der Waals surface area contributed by atoms with Gasteiger partial charge in [0.2, 0.25) is 0 Å². The Labute approximate surface area is 300 Å². The molecule has 0 aromatic heterocycles. The molecule has 0 saturated carbocycles. The van der Waals surface area contributed by atoms with E-state index in [0.29, 0.717) is 0 Å². The molecule has 48 heavy (non-hydrogen) atoms. The summed E-state index contributed by atoms with van der Waals surface area (Å²) in [5.74, 6) is -0.396. The molecule has 0 amide bonds. The van der Waals surface area contributed by atoms with Gasteiger partial charge in [0.15, 0.2) is 5.79 Å². The minimum absolute atomic E-state index is 0.131. The summed E-state index contributed by atoms with van der Waals surface area (Å²) in [6.45, 7) is 6.31. The predicted molar refractivity (Wildman–Crippen MR) is 213 cm³/mol. The standard InChI is InChI=1S/C44H82N2O2/c1-6-8-10-12-14-16-18-20-22-24-26-28-30-32-34-36-38-44(47-42(40-45-3)43(48-44)41-46(4)5)39-37-35-33-31-29-27-25-23-21-19-17-15-13-11-9-7-2/h14-17,20-23,42-43,45H,6-13,18-19,24-41H2,1-5H3/b16-14-,17-15-,22-20-,23-21-/t42-,43-/m1/s1. The molecule has 0 radical (unpaired) electrons. The number of rotatable bonds is 34. The number of ether oxygens (including phenoxy) is 2. The van der Waals surface area contributed by atoms with Crippen molar-refractivity contribution in [2.24, 2.45) is 0 Å². The maximum Gasteiger partial charge on any atom is 0.169 e. The highest BCUT2D eigenvalue weighted by Crippen LogP contribution is 2.38. The summed E-state index contributed by atoms with van der Waals surface area (Å²) in [6, 6.07) is 0. The van der Waals surface area contributed by atoms with E-state index in [-0.39, 0.29) is 12.2 Å². The first-order valence-corrected chi connectivity index (χ1v) is 20.8. The van der Waals surface area contributed by atoms with Crippen molar-refractivity contribution < 1.29 is 9.47 Å². The van der Waals surface area contributed by atoms with Gasteiger partial charge in [-0.3, -0.25) is 0 Å². The monoisotopic (exact) mass is 671 g/mol. The van der Waals surface area contributed by atoms with Crippen molar-refractivity contribution >= 4 is 0 Å². The number of hydrogen-bond acceptors (Lipinski definition) is 4. The molecule has 1 aliphatic rings. The van der Waals surface area contributed by atoms with Crippen molar-refractivity contribution in [3.8, 4) is 0 Å². The maximum absolute atomic E-state index is 6.84. The highest BCUT2D eigenvalue weighted by atomic mass is 16.8. The average molecular weight is 671 g/mol. The van der Waals surface area contributed by atoms with Gasteiger partial charge in [-0.15, -0.1) is 0 Å². The maximum atomic E-state index is 6.84. The molecule has 0 aromatic rings. The molecule has 4 nitrogen and oxygen atoms in total. The molecule has 1 rings (SSSR count). The lowest BCUT2D eigenvalue weighted by molar-refractivity contribution is -0.187. The molecule has 1 aliphatic heterocycles. The molecule has 2 atom stereocenters. The lowest BCUT2D eigenvalue weighted by Crippen LogP contribution is -2.38. The van der Waals surface area contributed by atoms with Gasteiger partial charge in [0.05, 0.1) is 0 Å². The van der Waals surface area contributed by atoms with Gasteiger partial charge in [0, 0.05) is 25.9 Å². The predicted octanol–water partition coefficient (Wildman–Crippen LogP) is 12.7. The van der Waals surface area contributed by atoms with Crippen LogP contribution in [-0.2, 0) is 9.47 Å². The Morgan fingerprint density at radius 3 is 1.27 bits per heavy atom. The first-order chi connectivity index (χ1) is 23.6. The van der Waals surface area contributed by atoms with Crippen LogP contribution in [0.25, 0.3) is 0 Å². The van der Waals surface area contributed by atoms with Gasteiger partial charge in [-0.05, 0) is 98.2 Å². The lowest BCUT2D eigenvalue weighted by Gasteiger charge is -2.29. The number of likely N-dealkylation sites (N-methyl/N-ethyl adjacent to an activating group) is 2. The summed E-state index contributed by atoms with van der Waals surface area (Å²) < 4.78 is 13.7. The van der Waals surface area contributed by atoms with Crippen molar-refractivity contribution in [1.29, 1.82) is 0 Å². The van der Waals surface area contributed by atoms with Crippen LogP contribution < -0.4 is 5.32 Å². The van der Waals surface area contributed by atoms with Crippen LogP contribution in [0, 0.1) is 0 Å². The number of nitrogens with one attached hydrogen (secondary N) is 1. The third-order valence-corrected chi connectivity index (χ3v) is 9.61. The van der Waals surface area contributed by atoms with Crippen LogP contribution in [0.15, 0.2) is 48.6 Å². The zero-order valence-electron chi connectivity index (χ0n) is 32.8. The smallest absolute Gasteiger partial charge is 0.169 e. The van der Waals surface area contributed by atoms with Crippen LogP contribution in [0.4, 0.5) is 0 Å². The van der Waals surface area contributed by atoms with Crippen LogP contribution in [0.3, 0.4) is 0 Å². The van der Waals surface area contributed by atoms with Gasteiger partial charge in [-0.25, -0.2) is 0 Å². The summed E-state index contributed by atoms with van der Waals surface area (Å²) in [5, 5.41) is 3.36. The Morgan fingerprint density at radius 2 is 0.875 bits per heavy atom. The molecule has 0 spiro atoms. The summed E-state index contributed by atoms with van der Waals surface area (Å²) in [5.41, 5.74) is 0. The van der Waals surface area contributed by atoms with Crippen molar-refractivity contribution in [1.82, 2.24) is 10.2 Å². The zero-order valence-corrected chi connectivity index (χ0v) is 32.8. The van der Waals surface area contributed by atoms with E-state index in [1.165, 1.54) is 141 Å². The largest absolute Gasteiger partial charge is 0.343 e. The minimum Gasteiger partial charge on any atom is -0.343 e. The molecule has 1 saturated heterocycles. The summed E-state index contributed by atoms with van der Waals surface area (Å²) in [6.07, 6.45) is 51.9. The van der Waals surface area contributed by atoms with E-state index < -0.39 is 5.79 Å². The molecule has 4 heteroatoms. The fraction of sp³-hybridized carbons (Fsp3) is 0.818. The molecule has 1 N–H and O–H groups in total. The molecule has 0 unspecified atom stereocenters. The van der Waals surface area contributed by atoms with Gasteiger partial charge in [-0.2, -0.15) is 0 Å². The molecule has 1 fully saturated rings. The zero-order chi connectivity index (χ0) is 34.8. The molecule has 0 aliphatic carbocycles. The number of allylic oxidation sites excluding steroid dienone is 8. The normalized spacial score (nSPS) is 18.3. The fourth-order valence-corrected chi connectivity index (χ4v) is 6.75. The van der Waals surface area contributed by atoms with Gasteiger partial charge in [0.25, 0.3) is 0 Å². The molecule has 0 aromatic carbocycles. The van der Waals surface area contributed by atoms with Gasteiger partial charge in [-0.1, -0.05) is 140 Å². The summed E-state index contributed by atoms with van der Waals surface area (Å²) in [7, 11) is 6.32. The van der Waals surface area contributed by atoms with Gasteiger partial charge < -0.3 is 19.7 Å². The number of hydrogen-bond donors (Lipinski definition) is 1. The SMILES string of the molecule is CCCCC/C=C\C/C=C\CCCCCCCCC1(CCCCCCCC/C=C\C/C=C\CCCCC)O[C@H](CNC)[C@@H](CN(C)C)O1. The Balaban J connectivity index is 2.30. The van der Waals surface area contributed by atoms with Crippen molar-refractivity contribution in [3.63, 3.8) is 0 Å². The van der Waals surface area contributed by atoms with Crippen LogP contribution in [0.5, 0.6) is 0 Å². The topological polar surface area (TPSA) is 33.7 Å². The highest BCUT2D eigenvalue weighted by Gasteiger charge is 2.46. The van der Waals surface area contributed by atoms with Crippen LogP contribution >= 0.6 is 0 Å². The van der Waals surface area contributed by atoms with Crippen LogP contribution in [0.2, 0.25) is 0 Å². The highest BCUT2D eigenvalue weighted by molar-refractivity contribution is 4.94. The van der Waals surface area contributed by atoms with E-state index >= 15 is 0 Å². The van der Waals surface area contributed by atoms with Crippen LogP contribution in [0.1, 0.15) is 181 Å². The van der Waals surface area contributed by atoms with E-state index in [1.807, 2.05) is 7.05 Å². The second-order valence-corrected chi connectivity index (χ2v) is 14.7. The Bertz CT molecular complexity index is 754. The van der Waals surface area contributed by atoms with Gasteiger partial charge >= 0.3 is 0 Å². The lowest BCUT2D eigenvalue weighted by atomic mass is 9.98. The first-order valence-electron chi connectivity index (χ1n) is 20.8. The quantitative estimate of drug-likeness (QED) is 0.0546. The van der Waals surface area contributed by atoms with E-state index in [4.69, 9.17) is 9.47 Å². The molecule has 0 bridgehead atoms. The average Bonchev–Trinajstić information content (AvgIpc) is 3.40. The second-order valence-electron chi connectivity index (χ2n) is 14.7. The van der Waals surface area contributed by atoms with E-state index in [2.05, 4.69) is 86.8 Å². The van der Waals surface area contributed by atoms with E-state index in [1.54, 1.807) is 0 Å². The Hall–Kier alpha value is -1.20. The summed E-state index contributed by atoms with van der Waals surface area (Å²) >= 11 is 0. The van der Waals surface area contributed by atoms with Crippen LogP contribution in [-0.4, -0.2) is 57.1 Å². The Kier molecular flexibility index (Phi) is 30.8. The third-order valence-electron chi connectivity index (χ3n) is 9.61. The van der Waals surface area contributed by atoms with E-state index in [0.717, 1.165) is 38.8 Å². The molecular weight excluding hydrogens is 588 g/mol. The Morgan fingerprint density at radius 1 is 0.500 bits per heavy atom. The molecule has 280 valence electrons. The van der Waals surface area contributed by atoms with Gasteiger partial charge in [0.1, 0.15) is 12.2 Å². The second kappa shape index (κ2) is 33.0. The third kappa shape index (κ3) is 25.7. The van der Waals surface area contributed by atoms with E-state index in [9.17, 15) is 0 Å². The van der Waals surface area contributed by atoms with Crippen molar-refractivity contribution in [2.45, 2.75) is 199 Å².